The summed E-state index contributed by atoms with van der Waals surface area (Å²) in [7, 11) is 0. The quantitative estimate of drug-likeness (QED) is 0.555. The Morgan fingerprint density at radius 3 is 2.92 bits per heavy atom. The summed E-state index contributed by atoms with van der Waals surface area (Å²) >= 11 is 1.42. The molecule has 0 bridgehead atoms. The highest BCUT2D eigenvalue weighted by atomic mass is 32.2. The molecule has 66 valence electrons. The number of fused-ring (bicyclic) bond motifs is 1. The van der Waals surface area contributed by atoms with Crippen LogP contribution in [-0.2, 0) is 0 Å². The van der Waals surface area contributed by atoms with E-state index in [-0.39, 0.29) is 0 Å². The molecule has 0 aliphatic heterocycles. The molecule has 0 unspecified atom stereocenters. The van der Waals surface area contributed by atoms with Gasteiger partial charge >= 0.3 is 0 Å². The van der Waals surface area contributed by atoms with Crippen molar-refractivity contribution in [1.82, 2.24) is 0 Å². The normalized spacial score (nSPS) is 10.5. The van der Waals surface area contributed by atoms with E-state index in [2.05, 4.69) is 0 Å². The lowest BCUT2D eigenvalue weighted by Gasteiger charge is -1.94. The maximum atomic E-state index is 7.68. The smallest absolute Gasteiger partial charge is 0.134 e. The Morgan fingerprint density at radius 2 is 2.15 bits per heavy atom. The molecule has 1 aromatic heterocycles. The van der Waals surface area contributed by atoms with Crippen LogP contribution in [0.4, 0.5) is 0 Å². The number of benzene rings is 1. The highest BCUT2D eigenvalue weighted by Crippen LogP contribution is 2.23. The van der Waals surface area contributed by atoms with Gasteiger partial charge in [-0.25, -0.2) is 0 Å². The molecule has 0 saturated heterocycles. The van der Waals surface area contributed by atoms with Gasteiger partial charge in [0.05, 0.1) is 10.6 Å². The van der Waals surface area contributed by atoms with Gasteiger partial charge in [-0.3, -0.25) is 5.41 Å². The zero-order valence-corrected chi connectivity index (χ0v) is 8.02. The molecule has 13 heavy (non-hydrogen) atoms. The molecule has 0 spiro atoms. The topological polar surface area (TPSA) is 37.0 Å². The van der Waals surface area contributed by atoms with Gasteiger partial charge in [-0.15, -0.1) is 11.8 Å². The van der Waals surface area contributed by atoms with E-state index in [1.165, 1.54) is 11.8 Å². The molecule has 0 atom stereocenters. The van der Waals surface area contributed by atoms with Crippen LogP contribution in [-0.4, -0.2) is 11.3 Å². The highest BCUT2D eigenvalue weighted by molar-refractivity contribution is 8.13. The zero-order valence-electron chi connectivity index (χ0n) is 7.20. The third kappa shape index (κ3) is 1.35. The second kappa shape index (κ2) is 3.26. The first-order chi connectivity index (χ1) is 6.33. The van der Waals surface area contributed by atoms with Gasteiger partial charge in [-0.05, 0) is 12.3 Å². The van der Waals surface area contributed by atoms with Gasteiger partial charge in [0.1, 0.15) is 11.8 Å². The minimum absolute atomic E-state index is 0.546. The first-order valence-electron chi connectivity index (χ1n) is 3.92. The molecule has 3 heteroatoms. The predicted molar refractivity (Wildman–Crippen MR) is 56.6 cm³/mol. The molecule has 2 nitrogen and oxygen atoms in total. The summed E-state index contributed by atoms with van der Waals surface area (Å²) < 4.78 is 5.32. The molecule has 0 aliphatic rings. The van der Waals surface area contributed by atoms with Crippen LogP contribution in [0.1, 0.15) is 5.56 Å². The van der Waals surface area contributed by atoms with Gasteiger partial charge in [0, 0.05) is 5.39 Å². The predicted octanol–water partition coefficient (Wildman–Crippen LogP) is 3.12. The summed E-state index contributed by atoms with van der Waals surface area (Å²) in [6.45, 7) is 0. The van der Waals surface area contributed by atoms with Crippen molar-refractivity contribution in [2.24, 2.45) is 0 Å². The van der Waals surface area contributed by atoms with Crippen molar-refractivity contribution in [3.63, 3.8) is 0 Å². The van der Waals surface area contributed by atoms with Crippen molar-refractivity contribution in [2.75, 3.05) is 6.26 Å². The van der Waals surface area contributed by atoms with E-state index in [0.29, 0.717) is 5.04 Å². The Kier molecular flexibility index (Phi) is 2.10. The number of hydrogen-bond acceptors (Lipinski definition) is 3. The molecular formula is C10H9NOS. The van der Waals surface area contributed by atoms with E-state index in [9.17, 15) is 0 Å². The van der Waals surface area contributed by atoms with E-state index < -0.39 is 0 Å². The second-order valence-electron chi connectivity index (χ2n) is 2.68. The molecular weight excluding hydrogens is 182 g/mol. The molecule has 2 rings (SSSR count). The SMILES string of the molecule is CSC(=N)c1coc2ccccc12. The van der Waals surface area contributed by atoms with Gasteiger partial charge in [0.25, 0.3) is 0 Å². The molecule has 0 amide bonds. The Labute approximate surface area is 80.4 Å². The fraction of sp³-hybridized carbons (Fsp3) is 0.100. The Balaban J connectivity index is 2.64. The summed E-state index contributed by atoms with van der Waals surface area (Å²) in [5, 5.41) is 9.24. The number of para-hydroxylation sites is 1. The van der Waals surface area contributed by atoms with Crippen LogP contribution in [0.5, 0.6) is 0 Å². The van der Waals surface area contributed by atoms with Gasteiger partial charge in [-0.2, -0.15) is 0 Å². The lowest BCUT2D eigenvalue weighted by molar-refractivity contribution is 0.615. The van der Waals surface area contributed by atoms with Crippen molar-refractivity contribution in [2.45, 2.75) is 0 Å². The molecule has 0 fully saturated rings. The van der Waals surface area contributed by atoms with Crippen LogP contribution < -0.4 is 0 Å². The molecule has 0 radical (unpaired) electrons. The molecule has 1 heterocycles. The van der Waals surface area contributed by atoms with Crippen molar-refractivity contribution >= 4 is 27.8 Å². The lowest BCUT2D eigenvalue weighted by Crippen LogP contribution is -1.88. The van der Waals surface area contributed by atoms with Crippen LogP contribution >= 0.6 is 11.8 Å². The summed E-state index contributed by atoms with van der Waals surface area (Å²) in [4.78, 5) is 0. The third-order valence-electron chi connectivity index (χ3n) is 1.93. The zero-order chi connectivity index (χ0) is 9.26. The number of furan rings is 1. The maximum Gasteiger partial charge on any atom is 0.134 e. The summed E-state index contributed by atoms with van der Waals surface area (Å²) in [5.41, 5.74) is 1.72. The number of hydrogen-bond donors (Lipinski definition) is 1. The number of thioether (sulfide) groups is 1. The fourth-order valence-corrected chi connectivity index (χ4v) is 1.64. The summed E-state index contributed by atoms with van der Waals surface area (Å²) in [6.07, 6.45) is 3.54. The number of nitrogens with one attached hydrogen (secondary N) is 1. The van der Waals surface area contributed by atoms with E-state index in [0.717, 1.165) is 16.5 Å². The Bertz CT molecular complexity index is 447. The van der Waals surface area contributed by atoms with E-state index in [1.807, 2.05) is 30.5 Å². The first-order valence-corrected chi connectivity index (χ1v) is 5.14. The second-order valence-corrected chi connectivity index (χ2v) is 3.50. The third-order valence-corrected chi connectivity index (χ3v) is 2.56. The monoisotopic (exact) mass is 191 g/mol. The van der Waals surface area contributed by atoms with Crippen LogP contribution in [0.25, 0.3) is 11.0 Å². The minimum atomic E-state index is 0.546. The van der Waals surface area contributed by atoms with Gasteiger partial charge < -0.3 is 4.42 Å². The fourth-order valence-electron chi connectivity index (χ4n) is 1.26. The van der Waals surface area contributed by atoms with Crippen LogP contribution in [0.3, 0.4) is 0 Å². The van der Waals surface area contributed by atoms with Crippen LogP contribution in [0.2, 0.25) is 0 Å². The largest absolute Gasteiger partial charge is 0.464 e. The molecule has 1 aromatic carbocycles. The van der Waals surface area contributed by atoms with Gasteiger partial charge in [-0.1, -0.05) is 18.2 Å². The average Bonchev–Trinajstić information content (AvgIpc) is 2.60. The average molecular weight is 191 g/mol. The number of rotatable bonds is 1. The summed E-state index contributed by atoms with van der Waals surface area (Å²) in [5.74, 6) is 0. The molecule has 0 aliphatic carbocycles. The highest BCUT2D eigenvalue weighted by Gasteiger charge is 2.08. The molecule has 2 aromatic rings. The van der Waals surface area contributed by atoms with E-state index >= 15 is 0 Å². The standard InChI is InChI=1S/C10H9NOS/c1-13-10(11)8-6-12-9-5-3-2-4-7(8)9/h2-6,11H,1H3. The molecule has 0 saturated carbocycles. The van der Waals surface area contributed by atoms with Crippen LogP contribution in [0, 0.1) is 5.41 Å². The van der Waals surface area contributed by atoms with E-state index in [4.69, 9.17) is 9.83 Å². The van der Waals surface area contributed by atoms with Crippen molar-refractivity contribution in [3.05, 3.63) is 36.1 Å². The van der Waals surface area contributed by atoms with Crippen LogP contribution in [0.15, 0.2) is 34.9 Å². The Hall–Kier alpha value is -1.22. The van der Waals surface area contributed by atoms with Gasteiger partial charge in [0.2, 0.25) is 0 Å². The van der Waals surface area contributed by atoms with Gasteiger partial charge in [0.15, 0.2) is 0 Å². The molecule has 1 N–H and O–H groups in total. The van der Waals surface area contributed by atoms with Crippen molar-refractivity contribution in [1.29, 1.82) is 5.41 Å². The van der Waals surface area contributed by atoms with Crippen molar-refractivity contribution in [3.8, 4) is 0 Å². The Morgan fingerprint density at radius 1 is 1.38 bits per heavy atom. The lowest BCUT2D eigenvalue weighted by atomic mass is 10.2. The maximum absolute atomic E-state index is 7.68. The van der Waals surface area contributed by atoms with E-state index in [1.54, 1.807) is 6.26 Å². The minimum Gasteiger partial charge on any atom is -0.464 e. The summed E-state index contributed by atoms with van der Waals surface area (Å²) in [6, 6.07) is 7.76. The first kappa shape index (κ1) is 8.38. The van der Waals surface area contributed by atoms with Crippen molar-refractivity contribution < 1.29 is 4.42 Å².